The highest BCUT2D eigenvalue weighted by Crippen LogP contribution is 2.31. The number of fused-ring (bicyclic) bond motifs is 1. The standard InChI is InChI=1S/C17H21Cl2NO2.ClH/c18-13-6-7-14(15(19)10-13)17(21)22-11-12-4-3-9-20-8-2-1-5-16(12)20;/h6-7,10,12,16H,1-5,8-9,11H2;1H/t12-,16+;/m0./s1. The number of nitrogens with zero attached hydrogens (tertiary/aromatic N) is 1. The molecule has 0 aliphatic carbocycles. The van der Waals surface area contributed by atoms with Gasteiger partial charge in [0, 0.05) is 17.0 Å². The minimum absolute atomic E-state index is 0. The van der Waals surface area contributed by atoms with Gasteiger partial charge in [-0.3, -0.25) is 4.90 Å². The van der Waals surface area contributed by atoms with Crippen molar-refractivity contribution in [1.82, 2.24) is 4.90 Å². The molecule has 2 fully saturated rings. The zero-order valence-electron chi connectivity index (χ0n) is 13.0. The van der Waals surface area contributed by atoms with Crippen molar-refractivity contribution in [3.63, 3.8) is 0 Å². The molecule has 3 nitrogen and oxygen atoms in total. The number of hydrogen-bond donors (Lipinski definition) is 0. The third kappa shape index (κ3) is 4.54. The van der Waals surface area contributed by atoms with Gasteiger partial charge in [-0.25, -0.2) is 4.79 Å². The fraction of sp³-hybridized carbons (Fsp3) is 0.588. The van der Waals surface area contributed by atoms with Crippen molar-refractivity contribution in [2.75, 3.05) is 19.7 Å². The van der Waals surface area contributed by atoms with Crippen LogP contribution in [0, 0.1) is 5.92 Å². The van der Waals surface area contributed by atoms with Crippen molar-refractivity contribution in [3.8, 4) is 0 Å². The van der Waals surface area contributed by atoms with Crippen molar-refractivity contribution in [1.29, 1.82) is 0 Å². The SMILES string of the molecule is Cl.O=C(OC[C@@H]1CCCN2CCCC[C@H]12)c1ccc(Cl)cc1Cl. The molecule has 128 valence electrons. The van der Waals surface area contributed by atoms with E-state index < -0.39 is 0 Å². The molecule has 3 rings (SSSR count). The highest BCUT2D eigenvalue weighted by Gasteiger charge is 2.33. The first-order valence-corrected chi connectivity index (χ1v) is 8.77. The number of piperidine rings is 2. The van der Waals surface area contributed by atoms with Crippen LogP contribution in [0.25, 0.3) is 0 Å². The second-order valence-corrected chi connectivity index (χ2v) is 7.07. The molecule has 1 aromatic carbocycles. The molecule has 23 heavy (non-hydrogen) atoms. The summed E-state index contributed by atoms with van der Waals surface area (Å²) < 4.78 is 5.54. The van der Waals surface area contributed by atoms with E-state index >= 15 is 0 Å². The molecule has 2 atom stereocenters. The number of hydrogen-bond acceptors (Lipinski definition) is 3. The number of halogens is 3. The van der Waals surface area contributed by atoms with E-state index in [0.29, 0.717) is 34.2 Å². The van der Waals surface area contributed by atoms with Gasteiger partial charge in [0.05, 0.1) is 17.2 Å². The molecular formula is C17H22Cl3NO2. The van der Waals surface area contributed by atoms with Gasteiger partial charge in [-0.2, -0.15) is 0 Å². The molecule has 6 heteroatoms. The van der Waals surface area contributed by atoms with E-state index in [1.165, 1.54) is 38.8 Å². The summed E-state index contributed by atoms with van der Waals surface area (Å²) in [7, 11) is 0. The van der Waals surface area contributed by atoms with Crippen molar-refractivity contribution >= 4 is 41.6 Å². The number of carbonyl (C=O) groups is 1. The van der Waals surface area contributed by atoms with E-state index in [1.807, 2.05) is 0 Å². The first kappa shape index (κ1) is 18.9. The molecule has 0 spiro atoms. The topological polar surface area (TPSA) is 29.5 Å². The highest BCUT2D eigenvalue weighted by molar-refractivity contribution is 6.36. The molecule has 0 radical (unpaired) electrons. The Kier molecular flexibility index (Phi) is 7.02. The van der Waals surface area contributed by atoms with E-state index in [4.69, 9.17) is 27.9 Å². The number of ether oxygens (including phenoxy) is 1. The predicted molar refractivity (Wildman–Crippen MR) is 95.9 cm³/mol. The predicted octanol–water partition coefficient (Wildman–Crippen LogP) is 4.84. The highest BCUT2D eigenvalue weighted by atomic mass is 35.5. The Morgan fingerprint density at radius 1 is 1.17 bits per heavy atom. The van der Waals surface area contributed by atoms with Crippen LogP contribution in [-0.4, -0.2) is 36.6 Å². The van der Waals surface area contributed by atoms with Gasteiger partial charge < -0.3 is 4.74 Å². The molecule has 0 bridgehead atoms. The lowest BCUT2D eigenvalue weighted by Gasteiger charge is -2.44. The Morgan fingerprint density at radius 2 is 1.96 bits per heavy atom. The van der Waals surface area contributed by atoms with Crippen LogP contribution in [0.15, 0.2) is 18.2 Å². The first-order valence-electron chi connectivity index (χ1n) is 8.01. The minimum Gasteiger partial charge on any atom is -0.462 e. The van der Waals surface area contributed by atoms with Crippen LogP contribution in [0.1, 0.15) is 42.5 Å². The van der Waals surface area contributed by atoms with E-state index in [0.717, 1.165) is 6.42 Å². The molecule has 0 amide bonds. The van der Waals surface area contributed by atoms with E-state index in [2.05, 4.69) is 4.90 Å². The maximum atomic E-state index is 12.2. The number of rotatable bonds is 3. The van der Waals surface area contributed by atoms with Gasteiger partial charge in [0.1, 0.15) is 0 Å². The van der Waals surface area contributed by atoms with Crippen molar-refractivity contribution in [2.45, 2.75) is 38.1 Å². The van der Waals surface area contributed by atoms with Crippen LogP contribution in [0.5, 0.6) is 0 Å². The van der Waals surface area contributed by atoms with Gasteiger partial charge in [0.15, 0.2) is 0 Å². The normalized spacial score (nSPS) is 24.4. The summed E-state index contributed by atoms with van der Waals surface area (Å²) in [5.41, 5.74) is 0.391. The summed E-state index contributed by atoms with van der Waals surface area (Å²) >= 11 is 11.9. The maximum Gasteiger partial charge on any atom is 0.339 e. The largest absolute Gasteiger partial charge is 0.462 e. The second kappa shape index (κ2) is 8.57. The van der Waals surface area contributed by atoms with Gasteiger partial charge in [0.25, 0.3) is 0 Å². The Bertz CT molecular complexity index is 551. The summed E-state index contributed by atoms with van der Waals surface area (Å²) in [4.78, 5) is 14.8. The van der Waals surface area contributed by atoms with E-state index in [9.17, 15) is 4.79 Å². The zero-order chi connectivity index (χ0) is 15.5. The quantitative estimate of drug-likeness (QED) is 0.705. The zero-order valence-corrected chi connectivity index (χ0v) is 15.3. The molecule has 0 unspecified atom stereocenters. The lowest BCUT2D eigenvalue weighted by Crippen LogP contribution is -2.49. The van der Waals surface area contributed by atoms with Gasteiger partial charge >= 0.3 is 5.97 Å². The van der Waals surface area contributed by atoms with Crippen LogP contribution in [0.4, 0.5) is 0 Å². The van der Waals surface area contributed by atoms with E-state index in [1.54, 1.807) is 18.2 Å². The Morgan fingerprint density at radius 3 is 2.74 bits per heavy atom. The number of carbonyl (C=O) groups excluding carboxylic acids is 1. The smallest absolute Gasteiger partial charge is 0.339 e. The maximum absolute atomic E-state index is 12.2. The molecule has 0 N–H and O–H groups in total. The molecule has 1 aromatic rings. The molecule has 2 heterocycles. The van der Waals surface area contributed by atoms with Crippen LogP contribution in [-0.2, 0) is 4.74 Å². The van der Waals surface area contributed by atoms with Crippen molar-refractivity contribution in [3.05, 3.63) is 33.8 Å². The third-order valence-corrected chi connectivity index (χ3v) is 5.36. The Hall–Kier alpha value is -0.480. The summed E-state index contributed by atoms with van der Waals surface area (Å²) in [6.45, 7) is 2.87. The van der Waals surface area contributed by atoms with Crippen molar-refractivity contribution < 1.29 is 9.53 Å². The van der Waals surface area contributed by atoms with Crippen LogP contribution >= 0.6 is 35.6 Å². The molecular weight excluding hydrogens is 357 g/mol. The van der Waals surface area contributed by atoms with Gasteiger partial charge in [-0.05, 0) is 57.0 Å². The van der Waals surface area contributed by atoms with Crippen LogP contribution in [0.3, 0.4) is 0 Å². The van der Waals surface area contributed by atoms with Gasteiger partial charge in [-0.1, -0.05) is 29.6 Å². The van der Waals surface area contributed by atoms with Crippen LogP contribution in [0.2, 0.25) is 10.0 Å². The van der Waals surface area contributed by atoms with Crippen molar-refractivity contribution in [2.24, 2.45) is 5.92 Å². The molecule has 0 saturated carbocycles. The average Bonchev–Trinajstić information content (AvgIpc) is 2.52. The molecule has 2 aliphatic rings. The Labute approximate surface area is 153 Å². The first-order chi connectivity index (χ1) is 10.6. The lowest BCUT2D eigenvalue weighted by atomic mass is 9.84. The Balaban J connectivity index is 0.00000192. The summed E-state index contributed by atoms with van der Waals surface area (Å²) in [6, 6.07) is 5.44. The van der Waals surface area contributed by atoms with Gasteiger partial charge in [0.2, 0.25) is 0 Å². The minimum atomic E-state index is -0.352. The number of esters is 1. The molecule has 2 aliphatic heterocycles. The summed E-state index contributed by atoms with van der Waals surface area (Å²) in [5, 5.41) is 0.868. The van der Waals surface area contributed by atoms with E-state index in [-0.39, 0.29) is 18.4 Å². The molecule has 0 aromatic heterocycles. The fourth-order valence-corrected chi connectivity index (χ4v) is 4.17. The molecule has 2 saturated heterocycles. The second-order valence-electron chi connectivity index (χ2n) is 6.22. The van der Waals surface area contributed by atoms with Gasteiger partial charge in [-0.15, -0.1) is 12.4 Å². The monoisotopic (exact) mass is 377 g/mol. The summed E-state index contributed by atoms with van der Waals surface area (Å²) in [5.74, 6) is 0.0960. The summed E-state index contributed by atoms with van der Waals surface area (Å²) in [6.07, 6.45) is 6.14. The van der Waals surface area contributed by atoms with Crippen LogP contribution < -0.4 is 0 Å². The number of benzene rings is 1. The average molecular weight is 379 g/mol. The third-order valence-electron chi connectivity index (χ3n) is 4.81. The fourth-order valence-electron chi connectivity index (χ4n) is 3.69. The lowest BCUT2D eigenvalue weighted by molar-refractivity contribution is 0.00740.